The van der Waals surface area contributed by atoms with Crippen molar-refractivity contribution < 1.29 is 13.2 Å². The molecule has 1 amide bonds. The van der Waals surface area contributed by atoms with Gasteiger partial charge in [-0.15, -0.1) is 34.4 Å². The van der Waals surface area contributed by atoms with Crippen molar-refractivity contribution in [3.63, 3.8) is 0 Å². The molecule has 6 nitrogen and oxygen atoms in total. The van der Waals surface area contributed by atoms with E-state index in [2.05, 4.69) is 10.4 Å². The van der Waals surface area contributed by atoms with E-state index in [1.54, 1.807) is 45.5 Å². The number of benzene rings is 1. The molecule has 1 aliphatic heterocycles. The van der Waals surface area contributed by atoms with E-state index in [0.29, 0.717) is 36.0 Å². The Morgan fingerprint density at radius 2 is 1.83 bits per heavy atom. The second-order valence-electron chi connectivity index (χ2n) is 6.80. The Hall–Kier alpha value is -1.72. The van der Waals surface area contributed by atoms with E-state index in [1.165, 1.54) is 15.6 Å². The lowest BCUT2D eigenvalue weighted by atomic mass is 10.2. The van der Waals surface area contributed by atoms with E-state index >= 15 is 0 Å². The van der Waals surface area contributed by atoms with E-state index in [9.17, 15) is 13.2 Å². The van der Waals surface area contributed by atoms with E-state index in [0.717, 1.165) is 21.3 Å². The number of hydrogen-bond acceptors (Lipinski definition) is 7. The summed E-state index contributed by atoms with van der Waals surface area (Å²) < 4.78 is 27.1. The van der Waals surface area contributed by atoms with Crippen molar-refractivity contribution in [1.29, 1.82) is 0 Å². The van der Waals surface area contributed by atoms with E-state index in [1.807, 2.05) is 31.2 Å². The van der Waals surface area contributed by atoms with Gasteiger partial charge < -0.3 is 4.90 Å². The van der Waals surface area contributed by atoms with Crippen LogP contribution in [0.2, 0.25) is 0 Å². The summed E-state index contributed by atoms with van der Waals surface area (Å²) in [4.78, 5) is 20.1. The molecule has 3 heterocycles. The minimum absolute atomic E-state index is 0.0603. The predicted octanol–water partition coefficient (Wildman–Crippen LogP) is 3.95. The number of aromatic nitrogens is 1. The van der Waals surface area contributed by atoms with Gasteiger partial charge in [0.1, 0.15) is 4.21 Å². The summed E-state index contributed by atoms with van der Waals surface area (Å²) in [6.45, 7) is 3.41. The number of aryl methyl sites for hydroxylation is 1. The molecule has 0 aliphatic carbocycles. The van der Waals surface area contributed by atoms with E-state index in [-0.39, 0.29) is 5.91 Å². The molecule has 10 heteroatoms. The first-order valence-corrected chi connectivity index (χ1v) is 13.6. The predicted molar refractivity (Wildman–Crippen MR) is 122 cm³/mol. The minimum Gasteiger partial charge on any atom is -0.336 e. The number of thioether (sulfide) groups is 1. The molecule has 2 aromatic heterocycles. The molecular weight excluding hydrogens is 459 g/mol. The lowest BCUT2D eigenvalue weighted by molar-refractivity contribution is 0.0698. The van der Waals surface area contributed by atoms with Crippen LogP contribution in [0.15, 0.2) is 56.3 Å². The topological polar surface area (TPSA) is 70.6 Å². The molecule has 0 unspecified atom stereocenters. The van der Waals surface area contributed by atoms with Gasteiger partial charge >= 0.3 is 0 Å². The molecule has 0 spiro atoms. The van der Waals surface area contributed by atoms with Gasteiger partial charge in [-0.25, -0.2) is 13.4 Å². The zero-order valence-electron chi connectivity index (χ0n) is 16.4. The molecule has 3 aromatic rings. The molecule has 0 radical (unpaired) electrons. The van der Waals surface area contributed by atoms with Crippen molar-refractivity contribution in [1.82, 2.24) is 14.2 Å². The normalized spacial score (nSPS) is 15.4. The third kappa shape index (κ3) is 4.78. The molecule has 30 heavy (non-hydrogen) atoms. The van der Waals surface area contributed by atoms with Gasteiger partial charge in [-0.2, -0.15) is 4.31 Å². The smallest absolute Gasteiger partial charge is 0.253 e. The largest absolute Gasteiger partial charge is 0.336 e. The molecule has 1 aromatic carbocycles. The molecule has 1 fully saturated rings. The maximum absolute atomic E-state index is 12.8. The van der Waals surface area contributed by atoms with Gasteiger partial charge in [0.05, 0.1) is 10.7 Å². The Labute approximate surface area is 188 Å². The molecular formula is C20H21N3O3S4. The summed E-state index contributed by atoms with van der Waals surface area (Å²) in [5.41, 5.74) is 1.69. The number of amides is 1. The number of carbonyl (C=O) groups is 1. The van der Waals surface area contributed by atoms with Crippen molar-refractivity contribution >= 4 is 50.4 Å². The van der Waals surface area contributed by atoms with Crippen LogP contribution in [0.4, 0.5) is 0 Å². The van der Waals surface area contributed by atoms with E-state index < -0.39 is 10.0 Å². The van der Waals surface area contributed by atoms with Crippen molar-refractivity contribution in [2.75, 3.05) is 26.2 Å². The first-order valence-electron chi connectivity index (χ1n) is 9.40. The summed E-state index contributed by atoms with van der Waals surface area (Å²) in [7, 11) is -3.46. The van der Waals surface area contributed by atoms with Gasteiger partial charge in [0, 0.05) is 47.8 Å². The lowest BCUT2D eigenvalue weighted by Crippen LogP contribution is -2.50. The first-order chi connectivity index (χ1) is 14.4. The molecule has 0 bridgehead atoms. The number of thiophene rings is 1. The standard InChI is InChI=1S/C20H21N3O3S4/c1-15-21-17(13-28-15)14-29-18-6-4-16(5-7-18)20(24)22-8-10-23(11-9-22)30(25,26)19-3-2-12-27-19/h2-7,12-13H,8-11,14H2,1H3. The fraction of sp³-hybridized carbons (Fsp3) is 0.300. The maximum atomic E-state index is 12.8. The molecule has 0 saturated carbocycles. The molecule has 1 aliphatic rings. The average molecular weight is 480 g/mol. The van der Waals surface area contributed by atoms with Crippen LogP contribution in [0.25, 0.3) is 0 Å². The highest BCUT2D eigenvalue weighted by Crippen LogP contribution is 2.25. The Morgan fingerprint density at radius 1 is 1.10 bits per heavy atom. The van der Waals surface area contributed by atoms with Crippen molar-refractivity contribution in [3.05, 3.63) is 63.4 Å². The van der Waals surface area contributed by atoms with Gasteiger partial charge in [0.15, 0.2) is 0 Å². The van der Waals surface area contributed by atoms with Crippen LogP contribution in [-0.4, -0.2) is 54.7 Å². The fourth-order valence-electron chi connectivity index (χ4n) is 3.18. The zero-order chi connectivity index (χ0) is 21.1. The highest BCUT2D eigenvalue weighted by molar-refractivity contribution is 7.98. The Morgan fingerprint density at radius 3 is 2.43 bits per heavy atom. The number of sulfonamides is 1. The van der Waals surface area contributed by atoms with Gasteiger partial charge in [-0.3, -0.25) is 4.79 Å². The van der Waals surface area contributed by atoms with Crippen molar-refractivity contribution in [2.45, 2.75) is 21.8 Å². The molecule has 0 N–H and O–H groups in total. The minimum atomic E-state index is -3.46. The Kier molecular flexibility index (Phi) is 6.59. The van der Waals surface area contributed by atoms with Gasteiger partial charge in [0.2, 0.25) is 0 Å². The number of carbonyl (C=O) groups excluding carboxylic acids is 1. The second-order valence-corrected chi connectivity index (χ2v) is 12.0. The van der Waals surface area contributed by atoms with Crippen LogP contribution in [-0.2, 0) is 15.8 Å². The quantitative estimate of drug-likeness (QED) is 0.501. The van der Waals surface area contributed by atoms with Crippen LogP contribution in [0.3, 0.4) is 0 Å². The monoisotopic (exact) mass is 479 g/mol. The van der Waals surface area contributed by atoms with Gasteiger partial charge in [0.25, 0.3) is 15.9 Å². The number of rotatable bonds is 6. The number of nitrogens with zero attached hydrogens (tertiary/aromatic N) is 3. The Balaban J connectivity index is 1.33. The zero-order valence-corrected chi connectivity index (χ0v) is 19.6. The molecule has 158 valence electrons. The lowest BCUT2D eigenvalue weighted by Gasteiger charge is -2.33. The van der Waals surface area contributed by atoms with Crippen molar-refractivity contribution in [3.8, 4) is 0 Å². The fourth-order valence-corrected chi connectivity index (χ4v) is 7.25. The summed E-state index contributed by atoms with van der Waals surface area (Å²) in [6, 6.07) is 10.9. The highest BCUT2D eigenvalue weighted by atomic mass is 32.2. The van der Waals surface area contributed by atoms with Crippen LogP contribution in [0, 0.1) is 6.92 Å². The van der Waals surface area contributed by atoms with Crippen LogP contribution in [0.5, 0.6) is 0 Å². The highest BCUT2D eigenvalue weighted by Gasteiger charge is 2.30. The third-order valence-corrected chi connectivity index (χ3v) is 9.91. The summed E-state index contributed by atoms with van der Waals surface area (Å²) in [5.74, 6) is 0.744. The molecule has 4 rings (SSSR count). The third-order valence-electron chi connectivity index (χ3n) is 4.77. The molecule has 1 saturated heterocycles. The SMILES string of the molecule is Cc1nc(CSc2ccc(C(=O)N3CCN(S(=O)(=O)c4cccs4)CC3)cc2)cs1. The van der Waals surface area contributed by atoms with Gasteiger partial charge in [-0.05, 0) is 42.6 Å². The van der Waals surface area contributed by atoms with E-state index in [4.69, 9.17) is 0 Å². The summed E-state index contributed by atoms with van der Waals surface area (Å²) in [6.07, 6.45) is 0. The number of thiazole rings is 1. The summed E-state index contributed by atoms with van der Waals surface area (Å²) >= 11 is 4.56. The molecule has 0 atom stereocenters. The number of hydrogen-bond donors (Lipinski definition) is 0. The summed E-state index contributed by atoms with van der Waals surface area (Å²) in [5, 5.41) is 4.89. The first kappa shape index (κ1) is 21.5. The van der Waals surface area contributed by atoms with Crippen LogP contribution < -0.4 is 0 Å². The number of piperazine rings is 1. The van der Waals surface area contributed by atoms with Gasteiger partial charge in [-0.1, -0.05) is 6.07 Å². The average Bonchev–Trinajstić information content (AvgIpc) is 3.45. The van der Waals surface area contributed by atoms with Crippen LogP contribution in [0.1, 0.15) is 21.1 Å². The Bertz CT molecular complexity index is 1100. The second kappa shape index (κ2) is 9.19. The van der Waals surface area contributed by atoms with Crippen molar-refractivity contribution in [2.24, 2.45) is 0 Å². The van der Waals surface area contributed by atoms with Crippen LogP contribution >= 0.6 is 34.4 Å². The maximum Gasteiger partial charge on any atom is 0.253 e.